The van der Waals surface area contributed by atoms with Gasteiger partial charge in [-0.3, -0.25) is 0 Å². The summed E-state index contributed by atoms with van der Waals surface area (Å²) in [4.78, 5) is 11.7. The van der Waals surface area contributed by atoms with Crippen LogP contribution in [0.4, 0.5) is 0 Å². The smallest absolute Gasteiger partial charge is 0.330 e. The highest BCUT2D eigenvalue weighted by atomic mass is 16.5. The van der Waals surface area contributed by atoms with Crippen molar-refractivity contribution in [1.29, 1.82) is 0 Å². The van der Waals surface area contributed by atoms with Crippen LogP contribution in [0.2, 0.25) is 0 Å². The van der Waals surface area contributed by atoms with Crippen LogP contribution >= 0.6 is 0 Å². The molecular weight excluding hydrogens is 464 g/mol. The third-order valence-corrected chi connectivity index (χ3v) is 8.21. The quantitative estimate of drug-likeness (QED) is 0.0487. The van der Waals surface area contributed by atoms with Gasteiger partial charge in [-0.2, -0.15) is 0 Å². The first-order valence-electron chi connectivity index (χ1n) is 17.6. The summed E-state index contributed by atoms with van der Waals surface area (Å²) in [6, 6.07) is 0. The molecule has 0 aromatic carbocycles. The number of carbonyl (C=O) groups is 1. The summed E-state index contributed by atoms with van der Waals surface area (Å²) in [7, 11) is 0. The maximum Gasteiger partial charge on any atom is 0.330 e. The molecule has 0 saturated heterocycles. The molecule has 0 spiro atoms. The van der Waals surface area contributed by atoms with E-state index in [2.05, 4.69) is 20.4 Å². The first-order valence-corrected chi connectivity index (χ1v) is 17.6. The van der Waals surface area contributed by atoms with Crippen molar-refractivity contribution < 1.29 is 9.53 Å². The fourth-order valence-electron chi connectivity index (χ4n) is 5.61. The van der Waals surface area contributed by atoms with Crippen molar-refractivity contribution in [2.75, 3.05) is 0 Å². The van der Waals surface area contributed by atoms with Crippen LogP contribution in [0.25, 0.3) is 0 Å². The van der Waals surface area contributed by atoms with E-state index in [1.165, 1.54) is 186 Å². The molecule has 0 fully saturated rings. The standard InChI is InChI=1S/C36H70O2/c1-4-7-9-11-13-15-16-17-18-19-20-21-22-23-24-26-28-30-32-34-35(38-36(37)6-3)33-31-29-27-25-14-12-10-8-5-2/h6,35H,3-5,7-34H2,1-2H3. The van der Waals surface area contributed by atoms with Crippen LogP contribution in [-0.2, 0) is 9.53 Å². The highest BCUT2D eigenvalue weighted by Gasteiger charge is 2.12. The normalized spacial score (nSPS) is 12.1. The molecule has 2 heteroatoms. The number of carbonyl (C=O) groups excluding carboxylic acids is 1. The van der Waals surface area contributed by atoms with Gasteiger partial charge in [-0.15, -0.1) is 0 Å². The fraction of sp³-hybridized carbons (Fsp3) is 0.917. The van der Waals surface area contributed by atoms with Gasteiger partial charge in [0.15, 0.2) is 0 Å². The average Bonchev–Trinajstić information content (AvgIpc) is 2.93. The summed E-state index contributed by atoms with van der Waals surface area (Å²) in [5.74, 6) is -0.247. The molecule has 38 heavy (non-hydrogen) atoms. The van der Waals surface area contributed by atoms with Crippen LogP contribution in [-0.4, -0.2) is 12.1 Å². The summed E-state index contributed by atoms with van der Waals surface area (Å²) in [5, 5.41) is 0. The second kappa shape index (κ2) is 32.4. The molecule has 0 saturated carbocycles. The van der Waals surface area contributed by atoms with Gasteiger partial charge in [-0.25, -0.2) is 4.79 Å². The molecule has 0 aromatic heterocycles. The van der Waals surface area contributed by atoms with E-state index in [0.29, 0.717) is 0 Å². The average molecular weight is 535 g/mol. The zero-order valence-electron chi connectivity index (χ0n) is 26.4. The van der Waals surface area contributed by atoms with Gasteiger partial charge in [-0.1, -0.05) is 187 Å². The summed E-state index contributed by atoms with van der Waals surface area (Å²) in [6.07, 6.45) is 42.2. The van der Waals surface area contributed by atoms with Gasteiger partial charge in [0.25, 0.3) is 0 Å². The lowest BCUT2D eigenvalue weighted by Gasteiger charge is -2.17. The number of ether oxygens (including phenoxy) is 1. The van der Waals surface area contributed by atoms with Gasteiger partial charge in [-0.05, 0) is 25.7 Å². The van der Waals surface area contributed by atoms with Gasteiger partial charge >= 0.3 is 5.97 Å². The van der Waals surface area contributed by atoms with E-state index >= 15 is 0 Å². The third kappa shape index (κ3) is 29.8. The van der Waals surface area contributed by atoms with Gasteiger partial charge in [0, 0.05) is 6.08 Å². The molecular formula is C36H70O2. The highest BCUT2D eigenvalue weighted by Crippen LogP contribution is 2.18. The van der Waals surface area contributed by atoms with Crippen LogP contribution in [0.15, 0.2) is 12.7 Å². The molecule has 0 N–H and O–H groups in total. The highest BCUT2D eigenvalue weighted by molar-refractivity contribution is 5.81. The second-order valence-corrected chi connectivity index (χ2v) is 12.0. The lowest BCUT2D eigenvalue weighted by atomic mass is 10.0. The molecule has 0 radical (unpaired) electrons. The monoisotopic (exact) mass is 535 g/mol. The number of hydrogen-bond donors (Lipinski definition) is 0. The van der Waals surface area contributed by atoms with E-state index in [9.17, 15) is 4.79 Å². The van der Waals surface area contributed by atoms with Crippen LogP contribution in [0.5, 0.6) is 0 Å². The molecule has 2 nitrogen and oxygen atoms in total. The molecule has 1 atom stereocenters. The van der Waals surface area contributed by atoms with Gasteiger partial charge in [0.2, 0.25) is 0 Å². The predicted molar refractivity (Wildman–Crippen MR) is 170 cm³/mol. The number of unbranched alkanes of at least 4 members (excludes halogenated alkanes) is 26. The molecule has 0 bridgehead atoms. The van der Waals surface area contributed by atoms with Crippen molar-refractivity contribution in [3.8, 4) is 0 Å². The Hall–Kier alpha value is -0.790. The van der Waals surface area contributed by atoms with Crippen molar-refractivity contribution in [2.45, 2.75) is 213 Å². The Bertz CT molecular complexity index is 472. The summed E-state index contributed by atoms with van der Waals surface area (Å²) in [5.41, 5.74) is 0. The summed E-state index contributed by atoms with van der Waals surface area (Å²) < 4.78 is 5.65. The molecule has 226 valence electrons. The van der Waals surface area contributed by atoms with Crippen molar-refractivity contribution in [3.05, 3.63) is 12.7 Å². The Balaban J connectivity index is 3.52. The van der Waals surface area contributed by atoms with Crippen LogP contribution in [0.1, 0.15) is 206 Å². The first kappa shape index (κ1) is 37.2. The molecule has 1 unspecified atom stereocenters. The first-order chi connectivity index (χ1) is 18.7. The Morgan fingerprint density at radius 3 is 0.947 bits per heavy atom. The molecule has 0 amide bonds. The van der Waals surface area contributed by atoms with Crippen LogP contribution in [0.3, 0.4) is 0 Å². The van der Waals surface area contributed by atoms with E-state index in [-0.39, 0.29) is 12.1 Å². The minimum absolute atomic E-state index is 0.0934. The zero-order valence-corrected chi connectivity index (χ0v) is 26.4. The van der Waals surface area contributed by atoms with Crippen LogP contribution in [0, 0.1) is 0 Å². The Morgan fingerprint density at radius 2 is 0.711 bits per heavy atom. The zero-order chi connectivity index (χ0) is 27.8. The SMILES string of the molecule is C=CC(=O)OC(CCCCCCCCCCC)CCCCCCCCCCCCCCCCCCCCC. The molecule has 0 aliphatic rings. The molecule has 0 aliphatic heterocycles. The summed E-state index contributed by atoms with van der Waals surface area (Å²) >= 11 is 0. The minimum atomic E-state index is -0.247. The summed E-state index contributed by atoms with van der Waals surface area (Å²) in [6.45, 7) is 8.15. The molecule has 0 aliphatic carbocycles. The second-order valence-electron chi connectivity index (χ2n) is 12.0. The van der Waals surface area contributed by atoms with Crippen molar-refractivity contribution >= 4 is 5.97 Å². The van der Waals surface area contributed by atoms with Gasteiger partial charge < -0.3 is 4.74 Å². The largest absolute Gasteiger partial charge is 0.459 e. The minimum Gasteiger partial charge on any atom is -0.459 e. The van der Waals surface area contributed by atoms with E-state index < -0.39 is 0 Å². The Kier molecular flexibility index (Phi) is 31.7. The Labute approximate surface area is 240 Å². The number of hydrogen-bond acceptors (Lipinski definition) is 2. The van der Waals surface area contributed by atoms with E-state index in [1.807, 2.05) is 0 Å². The van der Waals surface area contributed by atoms with E-state index in [1.54, 1.807) is 0 Å². The van der Waals surface area contributed by atoms with Crippen molar-refractivity contribution in [1.82, 2.24) is 0 Å². The van der Waals surface area contributed by atoms with E-state index in [4.69, 9.17) is 4.74 Å². The Morgan fingerprint density at radius 1 is 0.474 bits per heavy atom. The topological polar surface area (TPSA) is 26.3 Å². The lowest BCUT2D eigenvalue weighted by Crippen LogP contribution is -2.16. The fourth-order valence-corrected chi connectivity index (χ4v) is 5.61. The number of rotatable bonds is 32. The molecule has 0 heterocycles. The lowest BCUT2D eigenvalue weighted by molar-refractivity contribution is -0.143. The van der Waals surface area contributed by atoms with E-state index in [0.717, 1.165) is 12.8 Å². The van der Waals surface area contributed by atoms with Gasteiger partial charge in [0.05, 0.1) is 0 Å². The maximum absolute atomic E-state index is 11.7. The van der Waals surface area contributed by atoms with Crippen molar-refractivity contribution in [3.63, 3.8) is 0 Å². The van der Waals surface area contributed by atoms with Crippen molar-refractivity contribution in [2.24, 2.45) is 0 Å². The number of esters is 1. The third-order valence-electron chi connectivity index (χ3n) is 8.21. The predicted octanol–water partition coefficient (Wildman–Crippen LogP) is 12.8. The van der Waals surface area contributed by atoms with Crippen LogP contribution < -0.4 is 0 Å². The van der Waals surface area contributed by atoms with Gasteiger partial charge in [0.1, 0.15) is 6.10 Å². The molecule has 0 rings (SSSR count). The maximum atomic E-state index is 11.7. The molecule has 0 aromatic rings.